The smallest absolute Gasteiger partial charge is 0.337 e. The summed E-state index contributed by atoms with van der Waals surface area (Å²) in [5.74, 6) is -2.84. The first-order chi connectivity index (χ1) is 13.5. The van der Waals surface area contributed by atoms with E-state index in [0.717, 1.165) is 5.57 Å². The molecule has 3 fully saturated rings. The molecule has 3 aliphatic rings. The standard InChI is InChI=1S/C22H26O7/c1-9-7-17(28-21(25)10(2)13(5)27-14(6)23)19-12(4)22(26)29-20(19)18-11(3)16(24)8-15(9)18/h13,15-20,24H,1-4,7-8H2,5-6H3/t13-,15+,16+,17+,18+,19-,20-/m1/s1. The third-order valence-corrected chi connectivity index (χ3v) is 6.12. The van der Waals surface area contributed by atoms with Crippen molar-refractivity contribution in [3.63, 3.8) is 0 Å². The van der Waals surface area contributed by atoms with Gasteiger partial charge in [0.05, 0.1) is 17.6 Å². The van der Waals surface area contributed by atoms with E-state index >= 15 is 0 Å². The molecule has 0 amide bonds. The number of hydrogen-bond donors (Lipinski definition) is 1. The molecule has 1 aliphatic heterocycles. The molecule has 156 valence electrons. The highest BCUT2D eigenvalue weighted by molar-refractivity contribution is 5.92. The van der Waals surface area contributed by atoms with Crippen LogP contribution in [0.25, 0.3) is 0 Å². The largest absolute Gasteiger partial charge is 0.458 e. The van der Waals surface area contributed by atoms with Gasteiger partial charge in [-0.25, -0.2) is 9.59 Å². The van der Waals surface area contributed by atoms with Crippen LogP contribution in [0.3, 0.4) is 0 Å². The van der Waals surface area contributed by atoms with E-state index in [1.165, 1.54) is 13.8 Å². The third kappa shape index (κ3) is 3.67. The summed E-state index contributed by atoms with van der Waals surface area (Å²) in [6, 6.07) is 0. The number of esters is 3. The van der Waals surface area contributed by atoms with Crippen molar-refractivity contribution in [2.24, 2.45) is 17.8 Å². The molecule has 1 heterocycles. The number of rotatable bonds is 4. The lowest BCUT2D eigenvalue weighted by atomic mass is 9.81. The Balaban J connectivity index is 1.87. The average Bonchev–Trinajstić information content (AvgIpc) is 3.05. The molecule has 1 saturated heterocycles. The zero-order chi connectivity index (χ0) is 21.6. The Labute approximate surface area is 169 Å². The molecule has 0 spiro atoms. The number of fused-ring (bicyclic) bond motifs is 3. The van der Waals surface area contributed by atoms with Crippen molar-refractivity contribution in [2.75, 3.05) is 0 Å². The lowest BCUT2D eigenvalue weighted by Gasteiger charge is -2.28. The molecule has 7 nitrogen and oxygen atoms in total. The van der Waals surface area contributed by atoms with Crippen LogP contribution in [0.5, 0.6) is 0 Å². The summed E-state index contributed by atoms with van der Waals surface area (Å²) >= 11 is 0. The van der Waals surface area contributed by atoms with E-state index in [0.29, 0.717) is 18.4 Å². The normalized spacial score (nSPS) is 34.6. The van der Waals surface area contributed by atoms with Crippen molar-refractivity contribution in [2.45, 2.75) is 51.1 Å². The fourth-order valence-electron chi connectivity index (χ4n) is 4.57. The van der Waals surface area contributed by atoms with E-state index in [-0.39, 0.29) is 23.0 Å². The summed E-state index contributed by atoms with van der Waals surface area (Å²) in [6.07, 6.45) is -2.19. The summed E-state index contributed by atoms with van der Waals surface area (Å²) in [5.41, 5.74) is 1.59. The summed E-state index contributed by atoms with van der Waals surface area (Å²) in [7, 11) is 0. The highest BCUT2D eigenvalue weighted by Gasteiger charge is 2.56. The maximum absolute atomic E-state index is 12.6. The van der Waals surface area contributed by atoms with Crippen molar-refractivity contribution >= 4 is 17.9 Å². The molecule has 0 aromatic carbocycles. The topological polar surface area (TPSA) is 99.1 Å². The number of hydrogen-bond acceptors (Lipinski definition) is 7. The lowest BCUT2D eigenvalue weighted by Crippen LogP contribution is -2.37. The molecule has 0 aromatic heterocycles. The Morgan fingerprint density at radius 1 is 1.24 bits per heavy atom. The summed E-state index contributed by atoms with van der Waals surface area (Å²) in [4.78, 5) is 36.0. The first kappa shape index (κ1) is 21.0. The highest BCUT2D eigenvalue weighted by Crippen LogP contribution is 2.52. The number of aliphatic hydroxyl groups is 1. The zero-order valence-electron chi connectivity index (χ0n) is 16.7. The van der Waals surface area contributed by atoms with Gasteiger partial charge in [-0.15, -0.1) is 0 Å². The van der Waals surface area contributed by atoms with Crippen LogP contribution in [0, 0.1) is 17.8 Å². The molecular formula is C22H26O7. The highest BCUT2D eigenvalue weighted by atomic mass is 16.6. The lowest BCUT2D eigenvalue weighted by molar-refractivity contribution is -0.151. The van der Waals surface area contributed by atoms with Crippen molar-refractivity contribution in [3.8, 4) is 0 Å². The van der Waals surface area contributed by atoms with E-state index < -0.39 is 48.2 Å². The number of ether oxygens (including phenoxy) is 3. The van der Waals surface area contributed by atoms with E-state index in [1.54, 1.807) is 0 Å². The molecule has 7 heteroatoms. The van der Waals surface area contributed by atoms with Gasteiger partial charge >= 0.3 is 17.9 Å². The molecule has 1 N–H and O–H groups in total. The molecule has 7 atom stereocenters. The third-order valence-electron chi connectivity index (χ3n) is 6.12. The van der Waals surface area contributed by atoms with Gasteiger partial charge in [0.15, 0.2) is 0 Å². The van der Waals surface area contributed by atoms with Crippen LogP contribution < -0.4 is 0 Å². The van der Waals surface area contributed by atoms with Crippen LogP contribution >= 0.6 is 0 Å². The van der Waals surface area contributed by atoms with Gasteiger partial charge in [0.25, 0.3) is 0 Å². The van der Waals surface area contributed by atoms with E-state index in [9.17, 15) is 19.5 Å². The fourth-order valence-corrected chi connectivity index (χ4v) is 4.57. The van der Waals surface area contributed by atoms with Crippen LogP contribution in [0.1, 0.15) is 26.7 Å². The Bertz CT molecular complexity index is 823. The zero-order valence-corrected chi connectivity index (χ0v) is 16.7. The summed E-state index contributed by atoms with van der Waals surface area (Å²) in [5, 5.41) is 10.3. The van der Waals surface area contributed by atoms with Gasteiger partial charge in [0, 0.05) is 24.8 Å². The Morgan fingerprint density at radius 3 is 2.52 bits per heavy atom. The van der Waals surface area contributed by atoms with Gasteiger partial charge in [0.1, 0.15) is 18.3 Å². The molecule has 0 bridgehead atoms. The van der Waals surface area contributed by atoms with Crippen molar-refractivity contribution in [1.29, 1.82) is 0 Å². The van der Waals surface area contributed by atoms with Gasteiger partial charge in [-0.3, -0.25) is 4.79 Å². The van der Waals surface area contributed by atoms with Crippen LogP contribution in [-0.2, 0) is 28.6 Å². The van der Waals surface area contributed by atoms with Crippen LogP contribution in [-0.4, -0.2) is 47.4 Å². The molecular weight excluding hydrogens is 376 g/mol. The second-order valence-electron chi connectivity index (χ2n) is 7.96. The molecule has 0 unspecified atom stereocenters. The first-order valence-electron chi connectivity index (χ1n) is 9.54. The van der Waals surface area contributed by atoms with Gasteiger partial charge in [0.2, 0.25) is 0 Å². The van der Waals surface area contributed by atoms with Crippen molar-refractivity contribution < 1.29 is 33.7 Å². The molecule has 3 rings (SSSR count). The SMILES string of the molecule is C=C1C(=O)O[C@@H]2[C@H]3C(=C)[C@@H](O)C[C@H]3C(=C)C[C@H](OC(=O)C(=C)[C@@H](C)OC(C)=O)[C@@H]12. The minimum atomic E-state index is -0.844. The predicted molar refractivity (Wildman–Crippen MR) is 103 cm³/mol. The minimum absolute atomic E-state index is 0.0116. The second-order valence-corrected chi connectivity index (χ2v) is 7.96. The van der Waals surface area contributed by atoms with Crippen LogP contribution in [0.4, 0.5) is 0 Å². The maximum atomic E-state index is 12.6. The Kier molecular flexibility index (Phi) is 5.54. The average molecular weight is 402 g/mol. The Morgan fingerprint density at radius 2 is 1.90 bits per heavy atom. The van der Waals surface area contributed by atoms with E-state index in [2.05, 4.69) is 26.3 Å². The monoisotopic (exact) mass is 402 g/mol. The molecule has 2 aliphatic carbocycles. The number of carbonyl (C=O) groups is 3. The maximum Gasteiger partial charge on any atom is 0.337 e. The van der Waals surface area contributed by atoms with Gasteiger partial charge in [-0.2, -0.15) is 0 Å². The summed E-state index contributed by atoms with van der Waals surface area (Å²) in [6.45, 7) is 18.4. The second kappa shape index (κ2) is 7.63. The molecule has 0 aromatic rings. The Hall–Kier alpha value is -2.67. The first-order valence-corrected chi connectivity index (χ1v) is 9.54. The summed E-state index contributed by atoms with van der Waals surface area (Å²) < 4.78 is 16.3. The molecule has 0 radical (unpaired) electrons. The van der Waals surface area contributed by atoms with Crippen molar-refractivity contribution in [3.05, 3.63) is 48.6 Å². The minimum Gasteiger partial charge on any atom is -0.458 e. The van der Waals surface area contributed by atoms with Gasteiger partial charge in [-0.1, -0.05) is 31.9 Å². The van der Waals surface area contributed by atoms with Crippen molar-refractivity contribution in [1.82, 2.24) is 0 Å². The number of aliphatic hydroxyl groups excluding tert-OH is 1. The number of carbonyl (C=O) groups excluding carboxylic acids is 3. The fraction of sp³-hybridized carbons (Fsp3) is 0.500. The van der Waals surface area contributed by atoms with E-state index in [4.69, 9.17) is 14.2 Å². The molecule has 2 saturated carbocycles. The quantitative estimate of drug-likeness (QED) is 0.332. The van der Waals surface area contributed by atoms with Crippen LogP contribution in [0.2, 0.25) is 0 Å². The van der Waals surface area contributed by atoms with Gasteiger partial charge < -0.3 is 19.3 Å². The van der Waals surface area contributed by atoms with Gasteiger partial charge in [-0.05, 0) is 24.8 Å². The van der Waals surface area contributed by atoms with Crippen LogP contribution in [0.15, 0.2) is 48.6 Å². The predicted octanol–water partition coefficient (Wildman–Crippen LogP) is 2.02. The van der Waals surface area contributed by atoms with E-state index in [1.807, 2.05) is 0 Å². The molecule has 29 heavy (non-hydrogen) atoms.